The first-order valence-electron chi connectivity index (χ1n) is 8.20. The van der Waals surface area contributed by atoms with E-state index < -0.39 is 18.1 Å². The molecule has 146 valence electrons. The average Bonchev–Trinajstić information content (AvgIpc) is 2.56. The van der Waals surface area contributed by atoms with Crippen molar-refractivity contribution in [2.24, 2.45) is 5.73 Å². The van der Waals surface area contributed by atoms with Crippen molar-refractivity contribution in [2.45, 2.75) is 13.5 Å². The number of carbonyl (C=O) groups is 3. The molecule has 2 N–H and O–H groups in total. The summed E-state index contributed by atoms with van der Waals surface area (Å²) in [5.74, 6) is -0.280. The van der Waals surface area contributed by atoms with Gasteiger partial charge < -0.3 is 29.9 Å². The third kappa shape index (κ3) is 4.13. The number of primary amides is 1. The maximum absolute atomic E-state index is 12.1. The fourth-order valence-electron chi connectivity index (χ4n) is 2.59. The highest BCUT2D eigenvalue weighted by Crippen LogP contribution is 2.39. The molecular formula is C18H24N4O5. The van der Waals surface area contributed by atoms with E-state index >= 15 is 0 Å². The number of allylic oxidation sites excluding steroid dienone is 1. The normalized spacial score (nSPS) is 13.0. The fraction of sp³-hybridized carbons (Fsp3) is 0.389. The van der Waals surface area contributed by atoms with Crippen molar-refractivity contribution in [3.63, 3.8) is 0 Å². The van der Waals surface area contributed by atoms with Gasteiger partial charge in [-0.1, -0.05) is 0 Å². The Bertz CT molecular complexity index is 829. The van der Waals surface area contributed by atoms with Gasteiger partial charge in [0.1, 0.15) is 11.5 Å². The zero-order valence-electron chi connectivity index (χ0n) is 16.3. The molecule has 0 atom stereocenters. The standard InChI is InChI=1S/C18H24N4O5/c1-10-15(16(19)23)12-7-11(26-17(24)20(2)3)8-14(13(12)9-22(10)6)27-18(25)21(4)5/h7-8H,9H2,1-6H3,(H2,19,23). The molecule has 0 spiro atoms. The molecule has 3 amide bonds. The Balaban J connectivity index is 2.64. The van der Waals surface area contributed by atoms with Gasteiger partial charge in [-0.05, 0) is 13.0 Å². The van der Waals surface area contributed by atoms with E-state index in [9.17, 15) is 14.4 Å². The highest BCUT2D eigenvalue weighted by molar-refractivity contribution is 6.20. The SMILES string of the molecule is CC1=C(C(N)=O)c2cc(OC(=O)N(C)C)cc(OC(=O)N(C)C)c2CN1C. The minimum atomic E-state index is -0.624. The van der Waals surface area contributed by atoms with Crippen LogP contribution < -0.4 is 15.2 Å². The van der Waals surface area contributed by atoms with Crippen molar-refractivity contribution >= 4 is 23.7 Å². The van der Waals surface area contributed by atoms with Gasteiger partial charge in [-0.2, -0.15) is 0 Å². The Morgan fingerprint density at radius 2 is 1.59 bits per heavy atom. The quantitative estimate of drug-likeness (QED) is 0.856. The third-order valence-electron chi connectivity index (χ3n) is 4.16. The fourth-order valence-corrected chi connectivity index (χ4v) is 2.59. The summed E-state index contributed by atoms with van der Waals surface area (Å²) in [6.07, 6.45) is -1.20. The molecule has 0 bridgehead atoms. The highest BCUT2D eigenvalue weighted by Gasteiger charge is 2.29. The minimum Gasteiger partial charge on any atom is -0.410 e. The molecule has 1 aliphatic rings. The molecule has 0 aromatic heterocycles. The summed E-state index contributed by atoms with van der Waals surface area (Å²) in [6, 6.07) is 3.01. The van der Waals surface area contributed by atoms with E-state index in [2.05, 4.69) is 0 Å². The number of nitrogens with zero attached hydrogens (tertiary/aromatic N) is 3. The molecule has 0 unspecified atom stereocenters. The monoisotopic (exact) mass is 376 g/mol. The Kier molecular flexibility index (Phi) is 5.63. The third-order valence-corrected chi connectivity index (χ3v) is 4.16. The van der Waals surface area contributed by atoms with Crippen molar-refractivity contribution in [3.8, 4) is 11.5 Å². The number of carbonyl (C=O) groups excluding carboxylic acids is 3. The molecule has 0 fully saturated rings. The highest BCUT2D eigenvalue weighted by atomic mass is 16.6. The van der Waals surface area contributed by atoms with Gasteiger partial charge in [-0.25, -0.2) is 9.59 Å². The largest absolute Gasteiger partial charge is 0.414 e. The van der Waals surface area contributed by atoms with Crippen molar-refractivity contribution in [2.75, 3.05) is 35.2 Å². The van der Waals surface area contributed by atoms with Gasteiger partial charge in [0.2, 0.25) is 0 Å². The molecule has 2 rings (SSSR count). The van der Waals surface area contributed by atoms with Gasteiger partial charge >= 0.3 is 12.2 Å². The molecule has 1 heterocycles. The van der Waals surface area contributed by atoms with E-state index in [1.54, 1.807) is 48.2 Å². The molecule has 9 heteroatoms. The summed E-state index contributed by atoms with van der Waals surface area (Å²) in [5.41, 5.74) is 7.62. The molecule has 9 nitrogen and oxygen atoms in total. The number of amides is 3. The maximum atomic E-state index is 12.1. The summed E-state index contributed by atoms with van der Waals surface area (Å²) in [4.78, 5) is 40.4. The van der Waals surface area contributed by atoms with Crippen molar-refractivity contribution in [1.29, 1.82) is 0 Å². The number of benzene rings is 1. The van der Waals surface area contributed by atoms with Gasteiger partial charge in [0, 0.05) is 64.7 Å². The van der Waals surface area contributed by atoms with Crippen LogP contribution in [0, 0.1) is 0 Å². The molecule has 0 saturated carbocycles. The maximum Gasteiger partial charge on any atom is 0.414 e. The van der Waals surface area contributed by atoms with E-state index in [0.717, 1.165) is 0 Å². The number of nitrogens with two attached hydrogens (primary N) is 1. The Morgan fingerprint density at radius 1 is 1.04 bits per heavy atom. The number of fused-ring (bicyclic) bond motifs is 1. The van der Waals surface area contributed by atoms with Crippen LogP contribution in [0.5, 0.6) is 11.5 Å². The van der Waals surface area contributed by atoms with Crippen LogP contribution in [-0.4, -0.2) is 68.0 Å². The van der Waals surface area contributed by atoms with Crippen LogP contribution in [0.15, 0.2) is 17.8 Å². The van der Waals surface area contributed by atoms with Crippen molar-refractivity contribution in [3.05, 3.63) is 29.0 Å². The predicted molar refractivity (Wildman–Crippen MR) is 99.1 cm³/mol. The predicted octanol–water partition coefficient (Wildman–Crippen LogP) is 1.47. The second-order valence-corrected chi connectivity index (χ2v) is 6.65. The molecule has 0 aliphatic carbocycles. The Hall–Kier alpha value is -3.23. The van der Waals surface area contributed by atoms with Crippen LogP contribution >= 0.6 is 0 Å². The van der Waals surface area contributed by atoms with E-state index in [0.29, 0.717) is 23.4 Å². The van der Waals surface area contributed by atoms with E-state index in [4.69, 9.17) is 15.2 Å². The van der Waals surface area contributed by atoms with E-state index in [1.807, 2.05) is 4.90 Å². The molecule has 0 saturated heterocycles. The molecule has 1 aliphatic heterocycles. The first-order chi connectivity index (χ1) is 12.5. The van der Waals surface area contributed by atoms with Gasteiger partial charge in [-0.15, -0.1) is 0 Å². The zero-order valence-corrected chi connectivity index (χ0v) is 16.3. The lowest BCUT2D eigenvalue weighted by atomic mass is 9.92. The summed E-state index contributed by atoms with van der Waals surface area (Å²) >= 11 is 0. The Labute approximate surface area is 157 Å². The van der Waals surface area contributed by atoms with Crippen LogP contribution in [0.1, 0.15) is 18.1 Å². The van der Waals surface area contributed by atoms with Gasteiger partial charge in [0.25, 0.3) is 5.91 Å². The lowest BCUT2D eigenvalue weighted by Gasteiger charge is -2.31. The summed E-state index contributed by atoms with van der Waals surface area (Å²) in [5, 5.41) is 0. The van der Waals surface area contributed by atoms with Crippen molar-refractivity contribution in [1.82, 2.24) is 14.7 Å². The van der Waals surface area contributed by atoms with E-state index in [-0.39, 0.29) is 17.1 Å². The molecule has 1 aromatic rings. The molecule has 27 heavy (non-hydrogen) atoms. The van der Waals surface area contributed by atoms with Gasteiger partial charge in [0.15, 0.2) is 0 Å². The molecule has 0 radical (unpaired) electrons. The second kappa shape index (κ2) is 7.56. The topological polar surface area (TPSA) is 105 Å². The van der Waals surface area contributed by atoms with Gasteiger partial charge in [0.05, 0.1) is 5.57 Å². The summed E-state index contributed by atoms with van der Waals surface area (Å²) in [6.45, 7) is 2.17. The minimum absolute atomic E-state index is 0.144. The van der Waals surface area contributed by atoms with Crippen LogP contribution in [0.25, 0.3) is 5.57 Å². The van der Waals surface area contributed by atoms with Gasteiger partial charge in [-0.3, -0.25) is 4.79 Å². The van der Waals surface area contributed by atoms with Crippen LogP contribution in [0.2, 0.25) is 0 Å². The Morgan fingerprint density at radius 3 is 2.11 bits per heavy atom. The lowest BCUT2D eigenvalue weighted by molar-refractivity contribution is -0.112. The number of rotatable bonds is 3. The summed E-state index contributed by atoms with van der Waals surface area (Å²) in [7, 11) is 7.99. The number of hydrogen-bond acceptors (Lipinski definition) is 6. The first-order valence-corrected chi connectivity index (χ1v) is 8.20. The second-order valence-electron chi connectivity index (χ2n) is 6.65. The summed E-state index contributed by atoms with van der Waals surface area (Å²) < 4.78 is 10.8. The zero-order chi connectivity index (χ0) is 20.5. The van der Waals surface area contributed by atoms with E-state index in [1.165, 1.54) is 15.9 Å². The first kappa shape index (κ1) is 20.1. The number of hydrogen-bond donors (Lipinski definition) is 1. The van der Waals surface area contributed by atoms with Crippen LogP contribution in [0.3, 0.4) is 0 Å². The average molecular weight is 376 g/mol. The molecule has 1 aromatic carbocycles. The smallest absolute Gasteiger partial charge is 0.410 e. The lowest BCUT2D eigenvalue weighted by Crippen LogP contribution is -2.30. The van der Waals surface area contributed by atoms with Crippen LogP contribution in [-0.2, 0) is 11.3 Å². The van der Waals surface area contributed by atoms with Crippen molar-refractivity contribution < 1.29 is 23.9 Å². The number of ether oxygens (including phenoxy) is 2. The van der Waals surface area contributed by atoms with Crippen LogP contribution in [0.4, 0.5) is 9.59 Å². The molecular weight excluding hydrogens is 352 g/mol.